The molecule has 0 radical (unpaired) electrons. The molecule has 5 heteroatoms. The second kappa shape index (κ2) is 7.99. The van der Waals surface area contributed by atoms with Gasteiger partial charge in [-0.1, -0.05) is 6.92 Å². The number of benzene rings is 1. The first kappa shape index (κ1) is 17.3. The highest BCUT2D eigenvalue weighted by Gasteiger charge is 2.24. The van der Waals surface area contributed by atoms with Gasteiger partial charge in [0.1, 0.15) is 0 Å². The fraction of sp³-hybridized carbons (Fsp3) is 0.556. The minimum Gasteiger partial charge on any atom is -0.378 e. The number of hydrogen-bond acceptors (Lipinski definition) is 3. The van der Waals surface area contributed by atoms with Crippen molar-refractivity contribution in [2.24, 2.45) is 0 Å². The number of nitrogens with zero attached hydrogens (tertiary/aromatic N) is 2. The van der Waals surface area contributed by atoms with E-state index in [4.69, 9.17) is 0 Å². The maximum Gasteiger partial charge on any atom is 0.253 e. The van der Waals surface area contributed by atoms with Crippen molar-refractivity contribution >= 4 is 17.5 Å². The molecule has 2 amide bonds. The van der Waals surface area contributed by atoms with Crippen LogP contribution >= 0.6 is 0 Å². The summed E-state index contributed by atoms with van der Waals surface area (Å²) in [6, 6.07) is 7.89. The summed E-state index contributed by atoms with van der Waals surface area (Å²) >= 11 is 0. The highest BCUT2D eigenvalue weighted by molar-refractivity contribution is 5.94. The molecule has 0 spiro atoms. The third kappa shape index (κ3) is 4.71. The number of carbonyl (C=O) groups is 2. The van der Waals surface area contributed by atoms with Gasteiger partial charge in [-0.2, -0.15) is 0 Å². The van der Waals surface area contributed by atoms with Gasteiger partial charge in [-0.25, -0.2) is 0 Å². The van der Waals surface area contributed by atoms with Gasteiger partial charge in [-0.15, -0.1) is 0 Å². The van der Waals surface area contributed by atoms with Gasteiger partial charge in [0.05, 0.1) is 0 Å². The number of rotatable bonds is 5. The molecule has 1 aromatic rings. The van der Waals surface area contributed by atoms with Crippen LogP contribution in [0.15, 0.2) is 24.3 Å². The predicted molar refractivity (Wildman–Crippen MR) is 92.7 cm³/mol. The van der Waals surface area contributed by atoms with E-state index < -0.39 is 0 Å². The Bertz CT molecular complexity index is 532. The normalized spacial score (nSPS) is 15.3. The first-order chi connectivity index (χ1) is 11.0. The van der Waals surface area contributed by atoms with E-state index in [9.17, 15) is 9.59 Å². The van der Waals surface area contributed by atoms with Crippen molar-refractivity contribution in [1.29, 1.82) is 0 Å². The summed E-state index contributed by atoms with van der Waals surface area (Å²) in [7, 11) is 3.96. The van der Waals surface area contributed by atoms with Gasteiger partial charge < -0.3 is 15.1 Å². The average molecular weight is 317 g/mol. The molecule has 0 aliphatic carbocycles. The van der Waals surface area contributed by atoms with E-state index in [2.05, 4.69) is 5.32 Å². The molecule has 1 aliphatic rings. The van der Waals surface area contributed by atoms with Crippen LogP contribution in [0.5, 0.6) is 0 Å². The third-order valence-corrected chi connectivity index (χ3v) is 4.25. The van der Waals surface area contributed by atoms with E-state index in [1.807, 2.05) is 55.1 Å². The van der Waals surface area contributed by atoms with E-state index in [-0.39, 0.29) is 17.9 Å². The second-order valence-electron chi connectivity index (χ2n) is 6.33. The van der Waals surface area contributed by atoms with Crippen LogP contribution in [0.25, 0.3) is 0 Å². The van der Waals surface area contributed by atoms with E-state index in [0.29, 0.717) is 19.5 Å². The van der Waals surface area contributed by atoms with Crippen LogP contribution in [-0.4, -0.2) is 49.9 Å². The van der Waals surface area contributed by atoms with E-state index in [1.54, 1.807) is 0 Å². The fourth-order valence-electron chi connectivity index (χ4n) is 2.84. The lowest BCUT2D eigenvalue weighted by Gasteiger charge is -2.32. The summed E-state index contributed by atoms with van der Waals surface area (Å²) < 4.78 is 0. The summed E-state index contributed by atoms with van der Waals surface area (Å²) in [6.07, 6.45) is 3.11. The minimum absolute atomic E-state index is 0.0774. The lowest BCUT2D eigenvalue weighted by atomic mass is 10.0. The van der Waals surface area contributed by atoms with Crippen LogP contribution in [0.2, 0.25) is 0 Å². The van der Waals surface area contributed by atoms with Crippen LogP contribution in [0.3, 0.4) is 0 Å². The molecular formula is C18H27N3O2. The molecule has 0 unspecified atom stereocenters. The van der Waals surface area contributed by atoms with Gasteiger partial charge in [0.25, 0.3) is 5.91 Å². The largest absolute Gasteiger partial charge is 0.378 e. The molecule has 5 nitrogen and oxygen atoms in total. The van der Waals surface area contributed by atoms with E-state index >= 15 is 0 Å². The van der Waals surface area contributed by atoms with Gasteiger partial charge in [-0.3, -0.25) is 9.59 Å². The molecular weight excluding hydrogens is 290 g/mol. The number of likely N-dealkylation sites (tertiary alicyclic amines) is 1. The zero-order valence-corrected chi connectivity index (χ0v) is 14.3. The Morgan fingerprint density at radius 3 is 2.30 bits per heavy atom. The Kier molecular flexibility index (Phi) is 6.02. The number of hydrogen-bond donors (Lipinski definition) is 1. The van der Waals surface area contributed by atoms with Crippen molar-refractivity contribution in [3.63, 3.8) is 0 Å². The van der Waals surface area contributed by atoms with Crippen molar-refractivity contribution in [3.8, 4) is 0 Å². The highest BCUT2D eigenvalue weighted by Crippen LogP contribution is 2.17. The first-order valence-electron chi connectivity index (χ1n) is 8.37. The quantitative estimate of drug-likeness (QED) is 0.906. The molecule has 0 saturated carbocycles. The SMILES string of the molecule is CCCC(=O)NC1CCN(C(=O)c2ccc(N(C)C)cc2)CC1. The van der Waals surface area contributed by atoms with Crippen molar-refractivity contribution < 1.29 is 9.59 Å². The van der Waals surface area contributed by atoms with Gasteiger partial charge in [0.2, 0.25) is 5.91 Å². The molecule has 0 bridgehead atoms. The topological polar surface area (TPSA) is 52.7 Å². The highest BCUT2D eigenvalue weighted by atomic mass is 16.2. The van der Waals surface area contributed by atoms with Crippen molar-refractivity contribution in [2.45, 2.75) is 38.6 Å². The summed E-state index contributed by atoms with van der Waals surface area (Å²) in [5.41, 5.74) is 1.81. The second-order valence-corrected chi connectivity index (χ2v) is 6.33. The van der Waals surface area contributed by atoms with Gasteiger partial charge in [0.15, 0.2) is 0 Å². The summed E-state index contributed by atoms with van der Waals surface area (Å²) in [6.45, 7) is 3.40. The lowest BCUT2D eigenvalue weighted by Crippen LogP contribution is -2.46. The smallest absolute Gasteiger partial charge is 0.253 e. The lowest BCUT2D eigenvalue weighted by molar-refractivity contribution is -0.122. The molecule has 1 heterocycles. The number of carbonyl (C=O) groups excluding carboxylic acids is 2. The maximum atomic E-state index is 12.5. The van der Waals surface area contributed by atoms with Crippen molar-refractivity contribution in [3.05, 3.63) is 29.8 Å². The van der Waals surface area contributed by atoms with Crippen LogP contribution in [0.4, 0.5) is 5.69 Å². The van der Waals surface area contributed by atoms with Crippen LogP contribution in [-0.2, 0) is 4.79 Å². The standard InChI is InChI=1S/C18H27N3O2/c1-4-5-17(22)19-15-10-12-21(13-11-15)18(23)14-6-8-16(9-7-14)20(2)3/h6-9,15H,4-5,10-13H2,1-3H3,(H,19,22). The Labute approximate surface area is 138 Å². The summed E-state index contributed by atoms with van der Waals surface area (Å²) in [5.74, 6) is 0.199. The maximum absolute atomic E-state index is 12.5. The van der Waals surface area contributed by atoms with E-state index in [0.717, 1.165) is 30.5 Å². The Hall–Kier alpha value is -2.04. The van der Waals surface area contributed by atoms with E-state index in [1.165, 1.54) is 0 Å². The van der Waals surface area contributed by atoms with Crippen LogP contribution in [0.1, 0.15) is 43.0 Å². The van der Waals surface area contributed by atoms with Crippen LogP contribution < -0.4 is 10.2 Å². The molecule has 1 aromatic carbocycles. The molecule has 2 rings (SSSR count). The molecule has 1 N–H and O–H groups in total. The van der Waals surface area contributed by atoms with Gasteiger partial charge in [0, 0.05) is 50.9 Å². The fourth-order valence-corrected chi connectivity index (χ4v) is 2.84. The molecule has 1 fully saturated rings. The minimum atomic E-state index is 0.0774. The molecule has 126 valence electrons. The van der Waals surface area contributed by atoms with Crippen molar-refractivity contribution in [2.75, 3.05) is 32.1 Å². The van der Waals surface area contributed by atoms with Gasteiger partial charge >= 0.3 is 0 Å². The first-order valence-corrected chi connectivity index (χ1v) is 8.37. The summed E-state index contributed by atoms with van der Waals surface area (Å²) in [4.78, 5) is 28.1. The molecule has 1 saturated heterocycles. The number of amides is 2. The molecule has 23 heavy (non-hydrogen) atoms. The Morgan fingerprint density at radius 1 is 1.17 bits per heavy atom. The molecule has 0 atom stereocenters. The Balaban J connectivity index is 1.87. The zero-order chi connectivity index (χ0) is 16.8. The number of nitrogens with one attached hydrogen (secondary N) is 1. The summed E-state index contributed by atoms with van der Waals surface area (Å²) in [5, 5.41) is 3.06. The monoisotopic (exact) mass is 317 g/mol. The number of piperidine rings is 1. The van der Waals surface area contributed by atoms with Crippen molar-refractivity contribution in [1.82, 2.24) is 10.2 Å². The average Bonchev–Trinajstić information content (AvgIpc) is 2.55. The predicted octanol–water partition coefficient (Wildman–Crippen LogP) is 2.27. The zero-order valence-electron chi connectivity index (χ0n) is 14.3. The van der Waals surface area contributed by atoms with Gasteiger partial charge in [-0.05, 0) is 43.5 Å². The molecule has 1 aliphatic heterocycles. The molecule has 0 aromatic heterocycles. The Morgan fingerprint density at radius 2 is 1.78 bits per heavy atom. The van der Waals surface area contributed by atoms with Crippen LogP contribution in [0, 0.1) is 0 Å². The number of anilines is 1. The third-order valence-electron chi connectivity index (χ3n) is 4.25.